The van der Waals surface area contributed by atoms with Crippen molar-refractivity contribution in [2.45, 2.75) is 26.9 Å². The lowest BCUT2D eigenvalue weighted by Gasteiger charge is -2.13. The van der Waals surface area contributed by atoms with Gasteiger partial charge in [0.15, 0.2) is 0 Å². The van der Waals surface area contributed by atoms with Crippen LogP contribution in [0.1, 0.15) is 16.7 Å². The highest BCUT2D eigenvalue weighted by atomic mass is 16.3. The number of carbonyl (C=O) groups is 1. The van der Waals surface area contributed by atoms with Crippen LogP contribution in [0.15, 0.2) is 12.1 Å². The number of anilines is 1. The van der Waals surface area contributed by atoms with Crippen LogP contribution in [-0.4, -0.2) is 23.7 Å². The van der Waals surface area contributed by atoms with E-state index >= 15 is 0 Å². The van der Waals surface area contributed by atoms with Gasteiger partial charge in [-0.2, -0.15) is 0 Å². The van der Waals surface area contributed by atoms with Gasteiger partial charge in [0.2, 0.25) is 0 Å². The number of nitrogens with two attached hydrogens (primary N) is 1. The molecular formula is C12H18N2O2. The monoisotopic (exact) mass is 222 g/mol. The second-order valence-corrected chi connectivity index (χ2v) is 3.99. The number of rotatable bonds is 3. The van der Waals surface area contributed by atoms with Crippen molar-refractivity contribution < 1.29 is 9.90 Å². The molecule has 0 bridgehead atoms. The van der Waals surface area contributed by atoms with Gasteiger partial charge in [0.1, 0.15) is 6.10 Å². The molecule has 1 aromatic rings. The third-order valence-corrected chi connectivity index (χ3v) is 2.62. The number of aliphatic hydroxyl groups excluding tert-OH is 1. The fourth-order valence-electron chi connectivity index (χ4n) is 1.42. The molecule has 0 saturated carbocycles. The van der Waals surface area contributed by atoms with Gasteiger partial charge in [-0.25, -0.2) is 0 Å². The van der Waals surface area contributed by atoms with Crippen molar-refractivity contribution in [3.63, 3.8) is 0 Å². The first kappa shape index (κ1) is 12.7. The van der Waals surface area contributed by atoms with Crippen LogP contribution in [0, 0.1) is 20.8 Å². The van der Waals surface area contributed by atoms with E-state index in [1.807, 2.05) is 32.9 Å². The smallest absolute Gasteiger partial charge is 0.254 e. The van der Waals surface area contributed by atoms with Gasteiger partial charge in [-0.3, -0.25) is 4.79 Å². The summed E-state index contributed by atoms with van der Waals surface area (Å²) in [6.45, 7) is 5.83. The Morgan fingerprint density at radius 1 is 1.31 bits per heavy atom. The van der Waals surface area contributed by atoms with E-state index in [-0.39, 0.29) is 6.54 Å². The molecule has 0 aromatic heterocycles. The van der Waals surface area contributed by atoms with Crippen molar-refractivity contribution in [1.82, 2.24) is 0 Å². The van der Waals surface area contributed by atoms with Gasteiger partial charge in [0.25, 0.3) is 5.91 Å². The molecule has 88 valence electrons. The lowest BCUT2D eigenvalue weighted by atomic mass is 10.0. The summed E-state index contributed by atoms with van der Waals surface area (Å²) in [6, 6.07) is 3.89. The van der Waals surface area contributed by atoms with Gasteiger partial charge in [0, 0.05) is 12.2 Å². The first-order chi connectivity index (χ1) is 7.45. The zero-order valence-electron chi connectivity index (χ0n) is 9.87. The summed E-state index contributed by atoms with van der Waals surface area (Å²) < 4.78 is 0. The molecule has 0 aliphatic rings. The quantitative estimate of drug-likeness (QED) is 0.710. The molecule has 0 heterocycles. The van der Waals surface area contributed by atoms with E-state index in [0.717, 1.165) is 16.8 Å². The molecule has 0 aliphatic carbocycles. The third-order valence-electron chi connectivity index (χ3n) is 2.62. The maximum absolute atomic E-state index is 11.5. The molecule has 0 fully saturated rings. The normalized spacial score (nSPS) is 12.3. The molecule has 1 amide bonds. The Balaban J connectivity index is 2.90. The zero-order chi connectivity index (χ0) is 12.3. The minimum atomic E-state index is -1.15. The Hall–Kier alpha value is -1.39. The van der Waals surface area contributed by atoms with Gasteiger partial charge >= 0.3 is 0 Å². The predicted molar refractivity (Wildman–Crippen MR) is 64.3 cm³/mol. The molecule has 16 heavy (non-hydrogen) atoms. The predicted octanol–water partition coefficient (Wildman–Crippen LogP) is 0.870. The minimum Gasteiger partial charge on any atom is -0.382 e. The Morgan fingerprint density at radius 2 is 1.88 bits per heavy atom. The van der Waals surface area contributed by atoms with Crippen LogP contribution in [0.5, 0.6) is 0 Å². The summed E-state index contributed by atoms with van der Waals surface area (Å²) >= 11 is 0. The summed E-state index contributed by atoms with van der Waals surface area (Å²) in [6.07, 6.45) is -1.15. The Kier molecular flexibility index (Phi) is 4.04. The Bertz CT molecular complexity index is 402. The maximum Gasteiger partial charge on any atom is 0.254 e. The second-order valence-electron chi connectivity index (χ2n) is 3.99. The summed E-state index contributed by atoms with van der Waals surface area (Å²) in [4.78, 5) is 11.5. The molecule has 1 unspecified atom stereocenters. The van der Waals surface area contributed by atoms with E-state index in [1.54, 1.807) is 0 Å². The Labute approximate surface area is 95.5 Å². The average Bonchev–Trinajstić information content (AvgIpc) is 2.24. The fraction of sp³-hybridized carbons (Fsp3) is 0.417. The second kappa shape index (κ2) is 5.09. The molecule has 1 rings (SSSR count). The van der Waals surface area contributed by atoms with E-state index in [1.165, 1.54) is 5.56 Å². The molecule has 1 atom stereocenters. The van der Waals surface area contributed by atoms with E-state index in [2.05, 4.69) is 5.32 Å². The lowest BCUT2D eigenvalue weighted by Crippen LogP contribution is -2.34. The largest absolute Gasteiger partial charge is 0.382 e. The third kappa shape index (κ3) is 2.81. The standard InChI is InChI=1S/C12H18N2O2/c1-7-4-9(3)10(5-8(7)2)14-12(16)11(15)6-13/h4-5,11,15H,6,13H2,1-3H3,(H,14,16). The maximum atomic E-state index is 11.5. The van der Waals surface area contributed by atoms with Crippen LogP contribution in [0.25, 0.3) is 0 Å². The van der Waals surface area contributed by atoms with Gasteiger partial charge in [0.05, 0.1) is 0 Å². The van der Waals surface area contributed by atoms with Crippen LogP contribution in [0.2, 0.25) is 0 Å². The summed E-state index contributed by atoms with van der Waals surface area (Å²) in [7, 11) is 0. The first-order valence-electron chi connectivity index (χ1n) is 5.22. The average molecular weight is 222 g/mol. The van der Waals surface area contributed by atoms with Crippen molar-refractivity contribution >= 4 is 11.6 Å². The molecule has 4 nitrogen and oxygen atoms in total. The van der Waals surface area contributed by atoms with Gasteiger partial charge in [-0.1, -0.05) is 6.07 Å². The lowest BCUT2D eigenvalue weighted by molar-refractivity contribution is -0.123. The van der Waals surface area contributed by atoms with Gasteiger partial charge in [-0.05, 0) is 43.5 Å². The van der Waals surface area contributed by atoms with E-state index < -0.39 is 12.0 Å². The number of aryl methyl sites for hydroxylation is 3. The van der Waals surface area contributed by atoms with Gasteiger partial charge < -0.3 is 16.2 Å². The number of amides is 1. The van der Waals surface area contributed by atoms with Crippen LogP contribution >= 0.6 is 0 Å². The molecule has 4 heteroatoms. The van der Waals surface area contributed by atoms with Crippen LogP contribution in [0.3, 0.4) is 0 Å². The topological polar surface area (TPSA) is 75.3 Å². The van der Waals surface area contributed by atoms with Crippen molar-refractivity contribution in [3.8, 4) is 0 Å². The minimum absolute atomic E-state index is 0.0737. The molecule has 1 aromatic carbocycles. The van der Waals surface area contributed by atoms with E-state index in [9.17, 15) is 9.90 Å². The van der Waals surface area contributed by atoms with E-state index in [0.29, 0.717) is 0 Å². The zero-order valence-corrected chi connectivity index (χ0v) is 9.87. The van der Waals surface area contributed by atoms with Crippen molar-refractivity contribution in [2.24, 2.45) is 5.73 Å². The first-order valence-corrected chi connectivity index (χ1v) is 5.22. The molecule has 0 saturated heterocycles. The molecule has 4 N–H and O–H groups in total. The molecule has 0 aliphatic heterocycles. The SMILES string of the molecule is Cc1cc(C)c(NC(=O)C(O)CN)cc1C. The number of aliphatic hydroxyl groups is 1. The van der Waals surface area contributed by atoms with Crippen molar-refractivity contribution in [1.29, 1.82) is 0 Å². The fourth-order valence-corrected chi connectivity index (χ4v) is 1.42. The van der Waals surface area contributed by atoms with Crippen LogP contribution in [0.4, 0.5) is 5.69 Å². The number of hydrogen-bond acceptors (Lipinski definition) is 3. The Morgan fingerprint density at radius 3 is 2.44 bits per heavy atom. The van der Waals surface area contributed by atoms with Gasteiger partial charge in [-0.15, -0.1) is 0 Å². The van der Waals surface area contributed by atoms with Crippen LogP contribution < -0.4 is 11.1 Å². The molecule has 0 radical (unpaired) electrons. The number of nitrogens with one attached hydrogen (secondary N) is 1. The molecular weight excluding hydrogens is 204 g/mol. The van der Waals surface area contributed by atoms with Crippen LogP contribution in [-0.2, 0) is 4.79 Å². The highest BCUT2D eigenvalue weighted by Crippen LogP contribution is 2.20. The van der Waals surface area contributed by atoms with Crippen molar-refractivity contribution in [2.75, 3.05) is 11.9 Å². The van der Waals surface area contributed by atoms with E-state index in [4.69, 9.17) is 5.73 Å². The molecule has 0 spiro atoms. The summed E-state index contributed by atoms with van der Waals surface area (Å²) in [5.74, 6) is -0.464. The number of benzene rings is 1. The number of carbonyl (C=O) groups excluding carboxylic acids is 1. The summed E-state index contributed by atoms with van der Waals surface area (Å²) in [5.41, 5.74) is 9.18. The summed E-state index contributed by atoms with van der Waals surface area (Å²) in [5, 5.41) is 11.9. The number of hydrogen-bond donors (Lipinski definition) is 3. The highest BCUT2D eigenvalue weighted by Gasteiger charge is 2.14. The van der Waals surface area contributed by atoms with Crippen molar-refractivity contribution in [3.05, 3.63) is 28.8 Å². The highest BCUT2D eigenvalue weighted by molar-refractivity contribution is 5.94.